The second-order valence-corrected chi connectivity index (χ2v) is 11.0. The van der Waals surface area contributed by atoms with Gasteiger partial charge in [0.25, 0.3) is 5.91 Å². The van der Waals surface area contributed by atoms with Crippen molar-refractivity contribution in [3.05, 3.63) is 59.2 Å². The molecule has 3 aromatic rings. The normalized spacial score (nSPS) is 28.6. The van der Waals surface area contributed by atoms with Gasteiger partial charge < -0.3 is 9.73 Å². The Labute approximate surface area is 200 Å². The van der Waals surface area contributed by atoms with Gasteiger partial charge in [-0.3, -0.25) is 4.79 Å². The molecule has 0 unspecified atom stereocenters. The second-order valence-electron chi connectivity index (χ2n) is 11.0. The summed E-state index contributed by atoms with van der Waals surface area (Å²) in [4.78, 5) is 13.2. The molecule has 8 heteroatoms. The average molecular weight is 482 g/mol. The maximum Gasteiger partial charge on any atom is 0.435 e. The number of rotatable bonds is 3. The van der Waals surface area contributed by atoms with E-state index in [1.807, 2.05) is 0 Å². The molecule has 5 aliphatic carbocycles. The van der Waals surface area contributed by atoms with E-state index in [2.05, 4.69) is 10.4 Å². The molecular weight excluding hydrogens is 455 g/mol. The van der Waals surface area contributed by atoms with Gasteiger partial charge in [-0.1, -0.05) is 0 Å². The Balaban J connectivity index is 1.20. The monoisotopic (exact) mass is 481 g/mol. The van der Waals surface area contributed by atoms with Crippen LogP contribution in [-0.4, -0.2) is 21.2 Å². The summed E-state index contributed by atoms with van der Waals surface area (Å²) in [6.45, 7) is 0. The van der Waals surface area contributed by atoms with Gasteiger partial charge in [0, 0.05) is 28.7 Å². The van der Waals surface area contributed by atoms with Crippen LogP contribution in [0.1, 0.15) is 65.9 Å². The van der Waals surface area contributed by atoms with E-state index >= 15 is 0 Å². The van der Waals surface area contributed by atoms with Crippen LogP contribution in [0.5, 0.6) is 0 Å². The molecule has 182 valence electrons. The molecule has 8 rings (SSSR count). The van der Waals surface area contributed by atoms with Crippen LogP contribution in [0.4, 0.5) is 13.2 Å². The largest absolute Gasteiger partial charge is 0.469 e. The van der Waals surface area contributed by atoms with Gasteiger partial charge in [-0.2, -0.15) is 18.3 Å². The molecule has 5 aliphatic rings. The lowest BCUT2D eigenvalue weighted by atomic mass is 9.53. The first-order chi connectivity index (χ1) is 16.8. The number of carbonyl (C=O) groups excluding carboxylic acids is 1. The van der Waals surface area contributed by atoms with E-state index in [4.69, 9.17) is 4.42 Å². The van der Waals surface area contributed by atoms with E-state index in [0.717, 1.165) is 37.0 Å². The Bertz CT molecular complexity index is 1280. The molecule has 35 heavy (non-hydrogen) atoms. The molecule has 0 saturated heterocycles. The third kappa shape index (κ3) is 3.36. The zero-order chi connectivity index (χ0) is 23.9. The molecule has 1 aromatic carbocycles. The molecule has 4 saturated carbocycles. The maximum atomic E-state index is 13.8. The molecule has 0 spiro atoms. The van der Waals surface area contributed by atoms with Gasteiger partial charge in [0.05, 0.1) is 17.6 Å². The molecule has 2 heterocycles. The van der Waals surface area contributed by atoms with Crippen LogP contribution in [0.25, 0.3) is 16.9 Å². The van der Waals surface area contributed by atoms with Crippen molar-refractivity contribution in [2.75, 3.05) is 0 Å². The van der Waals surface area contributed by atoms with Crippen molar-refractivity contribution in [3.8, 4) is 16.9 Å². The molecule has 0 atom stereocenters. The third-order valence-electron chi connectivity index (χ3n) is 8.65. The fourth-order valence-electron chi connectivity index (χ4n) is 7.69. The molecule has 2 aromatic heterocycles. The number of carbonyl (C=O) groups is 1. The summed E-state index contributed by atoms with van der Waals surface area (Å²) in [5.41, 5.74) is 1.29. The second kappa shape index (κ2) is 7.24. The van der Waals surface area contributed by atoms with Crippen molar-refractivity contribution in [1.29, 1.82) is 0 Å². The molecule has 1 N–H and O–H groups in total. The highest BCUT2D eigenvalue weighted by Crippen LogP contribution is 2.55. The number of fused-ring (bicyclic) bond motifs is 3. The highest BCUT2D eigenvalue weighted by molar-refractivity contribution is 5.95. The number of benzene rings is 1. The van der Waals surface area contributed by atoms with E-state index in [1.165, 1.54) is 30.2 Å². The number of hydrogen-bond donors (Lipinski definition) is 1. The van der Waals surface area contributed by atoms with Crippen LogP contribution in [0.3, 0.4) is 0 Å². The molecule has 0 radical (unpaired) electrons. The minimum absolute atomic E-state index is 0.0924. The van der Waals surface area contributed by atoms with Crippen LogP contribution < -0.4 is 5.32 Å². The van der Waals surface area contributed by atoms with Crippen molar-refractivity contribution in [1.82, 2.24) is 15.1 Å². The number of amides is 1. The molecule has 4 bridgehead atoms. The zero-order valence-corrected chi connectivity index (χ0v) is 19.2. The van der Waals surface area contributed by atoms with Gasteiger partial charge in [0.1, 0.15) is 5.76 Å². The lowest BCUT2D eigenvalue weighted by Crippen LogP contribution is -2.59. The number of halogens is 3. The summed E-state index contributed by atoms with van der Waals surface area (Å²) in [5.74, 6) is 2.75. The van der Waals surface area contributed by atoms with E-state index in [-0.39, 0.29) is 23.4 Å². The van der Waals surface area contributed by atoms with Crippen molar-refractivity contribution < 1.29 is 22.4 Å². The number of aryl methyl sites for hydroxylation is 1. The van der Waals surface area contributed by atoms with Gasteiger partial charge in [0.15, 0.2) is 5.69 Å². The fourth-order valence-corrected chi connectivity index (χ4v) is 7.69. The Morgan fingerprint density at radius 2 is 1.66 bits per heavy atom. The van der Waals surface area contributed by atoms with E-state index < -0.39 is 11.9 Å². The van der Waals surface area contributed by atoms with Crippen LogP contribution in [-0.2, 0) is 19.0 Å². The molecule has 1 amide bonds. The molecular formula is C27H26F3N3O2. The topological polar surface area (TPSA) is 60.1 Å². The SMILES string of the molecule is O=C(NC12CC3CC(CC(C3)C1)C2)c1ccc(-n2nc(C(F)(F)F)c3c2-c2ccoc2CC3)cc1. The van der Waals surface area contributed by atoms with Gasteiger partial charge in [-0.15, -0.1) is 0 Å². The Hall–Kier alpha value is -3.03. The first-order valence-electron chi connectivity index (χ1n) is 12.5. The van der Waals surface area contributed by atoms with E-state index in [0.29, 0.717) is 34.7 Å². The highest BCUT2D eigenvalue weighted by Gasteiger charge is 2.51. The standard InChI is InChI=1S/C27H26F3N3O2/c28-27(29,30)24-21-5-6-22-20(7-8-35-22)23(21)33(32-24)19-3-1-18(2-4-19)25(34)31-26-12-15-9-16(13-26)11-17(10-15)14-26/h1-4,7-8,15-17H,5-6,9-14H2,(H,31,34). The number of nitrogens with one attached hydrogen (secondary N) is 1. The van der Waals surface area contributed by atoms with Gasteiger partial charge >= 0.3 is 6.18 Å². The summed E-state index contributed by atoms with van der Waals surface area (Å²) >= 11 is 0. The average Bonchev–Trinajstić information content (AvgIpc) is 3.42. The Morgan fingerprint density at radius 3 is 2.29 bits per heavy atom. The Kier molecular flexibility index (Phi) is 4.40. The van der Waals surface area contributed by atoms with Crippen LogP contribution in [0, 0.1) is 17.8 Å². The first kappa shape index (κ1) is 21.3. The smallest absolute Gasteiger partial charge is 0.435 e. The molecule has 5 nitrogen and oxygen atoms in total. The van der Waals surface area contributed by atoms with E-state index in [1.54, 1.807) is 30.3 Å². The predicted molar refractivity (Wildman–Crippen MR) is 122 cm³/mol. The molecule has 0 aliphatic heterocycles. The fraction of sp³-hybridized carbons (Fsp3) is 0.481. The number of furan rings is 1. The van der Waals surface area contributed by atoms with Crippen molar-refractivity contribution in [2.24, 2.45) is 17.8 Å². The van der Waals surface area contributed by atoms with Crippen molar-refractivity contribution in [3.63, 3.8) is 0 Å². The number of alkyl halides is 3. The summed E-state index contributed by atoms with van der Waals surface area (Å²) in [6, 6.07) is 8.42. The highest BCUT2D eigenvalue weighted by atomic mass is 19.4. The summed E-state index contributed by atoms with van der Waals surface area (Å²) in [6.07, 6.45) is 4.68. The first-order valence-corrected chi connectivity index (χ1v) is 12.5. The molecule has 4 fully saturated rings. The maximum absolute atomic E-state index is 13.8. The van der Waals surface area contributed by atoms with Crippen molar-refractivity contribution >= 4 is 5.91 Å². The lowest BCUT2D eigenvalue weighted by molar-refractivity contribution is -0.142. The van der Waals surface area contributed by atoms with Crippen LogP contribution >= 0.6 is 0 Å². The minimum Gasteiger partial charge on any atom is -0.469 e. The van der Waals surface area contributed by atoms with Gasteiger partial charge in [-0.05, 0) is 93.0 Å². The number of hydrogen-bond acceptors (Lipinski definition) is 3. The minimum atomic E-state index is -4.55. The van der Waals surface area contributed by atoms with Gasteiger partial charge in [0.2, 0.25) is 0 Å². The third-order valence-corrected chi connectivity index (χ3v) is 8.65. The zero-order valence-electron chi connectivity index (χ0n) is 19.2. The summed E-state index contributed by atoms with van der Waals surface area (Å²) < 4.78 is 48.2. The predicted octanol–water partition coefficient (Wildman–Crippen LogP) is 5.95. The quantitative estimate of drug-likeness (QED) is 0.503. The van der Waals surface area contributed by atoms with Crippen molar-refractivity contribution in [2.45, 2.75) is 63.1 Å². The van der Waals surface area contributed by atoms with Crippen LogP contribution in [0.15, 0.2) is 41.0 Å². The number of aromatic nitrogens is 2. The Morgan fingerprint density at radius 1 is 1.00 bits per heavy atom. The lowest BCUT2D eigenvalue weighted by Gasteiger charge is -2.56. The number of nitrogens with zero attached hydrogens (tertiary/aromatic N) is 2. The van der Waals surface area contributed by atoms with Gasteiger partial charge in [-0.25, -0.2) is 4.68 Å². The van der Waals surface area contributed by atoms with Crippen LogP contribution in [0.2, 0.25) is 0 Å². The summed E-state index contributed by atoms with van der Waals surface area (Å²) in [7, 11) is 0. The summed E-state index contributed by atoms with van der Waals surface area (Å²) in [5, 5.41) is 7.34. The van der Waals surface area contributed by atoms with E-state index in [9.17, 15) is 18.0 Å².